The molecular formula is C16H20ClN3S. The molecule has 0 amide bonds. The van der Waals surface area contributed by atoms with Crippen LogP contribution in [0.5, 0.6) is 0 Å². The molecule has 5 heteroatoms. The van der Waals surface area contributed by atoms with Crippen LogP contribution in [0.3, 0.4) is 0 Å². The predicted molar refractivity (Wildman–Crippen MR) is 89.3 cm³/mol. The third-order valence-corrected chi connectivity index (χ3v) is 5.18. The summed E-state index contributed by atoms with van der Waals surface area (Å²) < 4.78 is 0. The first kappa shape index (κ1) is 14.8. The summed E-state index contributed by atoms with van der Waals surface area (Å²) in [5, 5.41) is 6.27. The summed E-state index contributed by atoms with van der Waals surface area (Å²) in [6.45, 7) is 6.42. The molecule has 1 aliphatic carbocycles. The molecule has 0 saturated heterocycles. The zero-order valence-corrected chi connectivity index (χ0v) is 14.1. The lowest BCUT2D eigenvalue weighted by Gasteiger charge is -2.23. The molecule has 21 heavy (non-hydrogen) atoms. The number of hydrogen-bond donors (Lipinski definition) is 1. The van der Waals surface area contributed by atoms with Gasteiger partial charge in [0.25, 0.3) is 0 Å². The number of halogens is 1. The highest BCUT2D eigenvalue weighted by molar-refractivity contribution is 7.10. The molecule has 0 radical (unpaired) electrons. The van der Waals surface area contributed by atoms with Crippen LogP contribution in [0.2, 0.25) is 5.15 Å². The molecule has 112 valence electrons. The van der Waals surface area contributed by atoms with Gasteiger partial charge in [-0.05, 0) is 37.1 Å². The highest BCUT2D eigenvalue weighted by Gasteiger charge is 2.28. The summed E-state index contributed by atoms with van der Waals surface area (Å²) >= 11 is 8.06. The van der Waals surface area contributed by atoms with Gasteiger partial charge in [0.2, 0.25) is 0 Å². The van der Waals surface area contributed by atoms with Crippen LogP contribution in [0.4, 0.5) is 5.82 Å². The van der Waals surface area contributed by atoms with Gasteiger partial charge in [0.15, 0.2) is 0 Å². The number of rotatable bonds is 5. The molecule has 2 aromatic heterocycles. The maximum atomic E-state index is 6.29. The number of nitrogens with one attached hydrogen (secondary N) is 1. The molecule has 1 unspecified atom stereocenters. The van der Waals surface area contributed by atoms with Gasteiger partial charge in [0.05, 0.1) is 6.04 Å². The van der Waals surface area contributed by atoms with E-state index in [0.29, 0.717) is 17.0 Å². The predicted octanol–water partition coefficient (Wildman–Crippen LogP) is 5.19. The monoisotopic (exact) mass is 321 g/mol. The quantitative estimate of drug-likeness (QED) is 0.770. The van der Waals surface area contributed by atoms with Gasteiger partial charge in [-0.25, -0.2) is 9.97 Å². The fourth-order valence-electron chi connectivity index (χ4n) is 2.35. The van der Waals surface area contributed by atoms with Crippen molar-refractivity contribution in [2.45, 2.75) is 45.6 Å². The molecule has 3 nitrogen and oxygen atoms in total. The maximum absolute atomic E-state index is 6.29. The first-order chi connectivity index (χ1) is 10.1. The standard InChI is InChI=1S/C16H20ClN3S/c1-9(2)13(12-5-4-8-21-12)18-15-10(3)14(17)19-16(20-15)11-6-7-11/h4-5,8-9,11,13H,6-7H2,1-3H3,(H,18,19,20). The molecule has 1 aliphatic rings. The molecule has 2 aromatic rings. The Morgan fingerprint density at radius 3 is 2.67 bits per heavy atom. The van der Waals surface area contributed by atoms with E-state index in [1.54, 1.807) is 11.3 Å². The lowest BCUT2D eigenvalue weighted by Crippen LogP contribution is -2.18. The number of thiophene rings is 1. The summed E-state index contributed by atoms with van der Waals surface area (Å²) in [6, 6.07) is 4.51. The van der Waals surface area contributed by atoms with E-state index in [1.165, 1.54) is 17.7 Å². The molecule has 2 heterocycles. The second-order valence-electron chi connectivity index (χ2n) is 6.00. The van der Waals surface area contributed by atoms with Crippen molar-refractivity contribution in [2.75, 3.05) is 5.32 Å². The molecule has 1 saturated carbocycles. The third kappa shape index (κ3) is 3.22. The summed E-state index contributed by atoms with van der Waals surface area (Å²) in [4.78, 5) is 10.5. The van der Waals surface area contributed by atoms with Crippen molar-refractivity contribution in [3.8, 4) is 0 Å². The van der Waals surface area contributed by atoms with E-state index >= 15 is 0 Å². The van der Waals surface area contributed by atoms with Crippen LogP contribution < -0.4 is 5.32 Å². The van der Waals surface area contributed by atoms with E-state index < -0.39 is 0 Å². The number of anilines is 1. The van der Waals surface area contributed by atoms with Crippen molar-refractivity contribution in [1.29, 1.82) is 0 Å². The van der Waals surface area contributed by atoms with Crippen molar-refractivity contribution in [3.05, 3.63) is 38.9 Å². The second-order valence-corrected chi connectivity index (χ2v) is 7.34. The average Bonchev–Trinajstić information content (AvgIpc) is 3.16. The van der Waals surface area contributed by atoms with Gasteiger partial charge in [-0.1, -0.05) is 31.5 Å². The maximum Gasteiger partial charge on any atom is 0.137 e. The average molecular weight is 322 g/mol. The Labute approximate surface area is 134 Å². The van der Waals surface area contributed by atoms with Crippen molar-refractivity contribution in [2.24, 2.45) is 5.92 Å². The summed E-state index contributed by atoms with van der Waals surface area (Å²) in [6.07, 6.45) is 2.36. The van der Waals surface area contributed by atoms with Crippen LogP contribution in [0, 0.1) is 12.8 Å². The smallest absolute Gasteiger partial charge is 0.137 e. The molecular weight excluding hydrogens is 302 g/mol. The molecule has 0 bridgehead atoms. The van der Waals surface area contributed by atoms with E-state index in [1.807, 2.05) is 6.92 Å². The Morgan fingerprint density at radius 2 is 2.10 bits per heavy atom. The lowest BCUT2D eigenvalue weighted by atomic mass is 10.0. The molecule has 0 aliphatic heterocycles. The zero-order valence-electron chi connectivity index (χ0n) is 12.6. The molecule has 3 rings (SSSR count). The Balaban J connectivity index is 1.92. The first-order valence-corrected chi connectivity index (χ1v) is 8.66. The molecule has 1 fully saturated rings. The minimum absolute atomic E-state index is 0.252. The fraction of sp³-hybridized carbons (Fsp3) is 0.500. The normalized spacial score (nSPS) is 16.2. The van der Waals surface area contributed by atoms with Gasteiger partial charge in [0.1, 0.15) is 16.8 Å². The number of aromatic nitrogens is 2. The van der Waals surface area contributed by atoms with Gasteiger partial charge < -0.3 is 5.32 Å². The molecule has 1 N–H and O–H groups in total. The topological polar surface area (TPSA) is 37.8 Å². The van der Waals surface area contributed by atoms with E-state index in [-0.39, 0.29) is 6.04 Å². The highest BCUT2D eigenvalue weighted by atomic mass is 35.5. The van der Waals surface area contributed by atoms with E-state index in [0.717, 1.165) is 17.2 Å². The van der Waals surface area contributed by atoms with Crippen LogP contribution in [-0.4, -0.2) is 9.97 Å². The summed E-state index contributed by atoms with van der Waals surface area (Å²) in [5.74, 6) is 2.75. The fourth-order valence-corrected chi connectivity index (χ4v) is 3.48. The zero-order chi connectivity index (χ0) is 15.0. The Kier molecular flexibility index (Phi) is 4.18. The second kappa shape index (κ2) is 5.93. The highest BCUT2D eigenvalue weighted by Crippen LogP contribution is 2.40. The Hall–Kier alpha value is -1.13. The van der Waals surface area contributed by atoms with Crippen LogP contribution in [0.1, 0.15) is 54.9 Å². The van der Waals surface area contributed by atoms with Crippen molar-refractivity contribution < 1.29 is 0 Å². The summed E-state index contributed by atoms with van der Waals surface area (Å²) in [7, 11) is 0. The minimum Gasteiger partial charge on any atom is -0.362 e. The van der Waals surface area contributed by atoms with Gasteiger partial charge in [-0.3, -0.25) is 0 Å². The molecule has 0 aromatic carbocycles. The molecule has 1 atom stereocenters. The van der Waals surface area contributed by atoms with Crippen LogP contribution in [-0.2, 0) is 0 Å². The minimum atomic E-state index is 0.252. The third-order valence-electron chi connectivity index (χ3n) is 3.85. The van der Waals surface area contributed by atoms with Crippen LogP contribution in [0.25, 0.3) is 0 Å². The van der Waals surface area contributed by atoms with E-state index in [9.17, 15) is 0 Å². The van der Waals surface area contributed by atoms with Crippen molar-refractivity contribution >= 4 is 28.8 Å². The number of nitrogens with zero attached hydrogens (tertiary/aromatic N) is 2. The van der Waals surface area contributed by atoms with Crippen molar-refractivity contribution in [3.63, 3.8) is 0 Å². The van der Waals surface area contributed by atoms with Gasteiger partial charge in [-0.2, -0.15) is 0 Å². The Morgan fingerprint density at radius 1 is 1.33 bits per heavy atom. The summed E-state index contributed by atoms with van der Waals surface area (Å²) in [5.41, 5.74) is 0.934. The SMILES string of the molecule is Cc1c(Cl)nc(C2CC2)nc1NC(c1cccs1)C(C)C. The Bertz CT molecular complexity index is 621. The van der Waals surface area contributed by atoms with Crippen LogP contribution >= 0.6 is 22.9 Å². The largest absolute Gasteiger partial charge is 0.362 e. The van der Waals surface area contributed by atoms with E-state index in [2.05, 4.69) is 41.7 Å². The molecule has 0 spiro atoms. The van der Waals surface area contributed by atoms with Crippen molar-refractivity contribution in [1.82, 2.24) is 9.97 Å². The van der Waals surface area contributed by atoms with Gasteiger partial charge in [-0.15, -0.1) is 11.3 Å². The van der Waals surface area contributed by atoms with Gasteiger partial charge >= 0.3 is 0 Å². The number of hydrogen-bond acceptors (Lipinski definition) is 4. The van der Waals surface area contributed by atoms with Crippen LogP contribution in [0.15, 0.2) is 17.5 Å². The first-order valence-electron chi connectivity index (χ1n) is 7.40. The lowest BCUT2D eigenvalue weighted by molar-refractivity contribution is 0.551. The van der Waals surface area contributed by atoms with Gasteiger partial charge in [0, 0.05) is 16.4 Å². The van der Waals surface area contributed by atoms with E-state index in [4.69, 9.17) is 16.6 Å².